The number of ketones is 1. The summed E-state index contributed by atoms with van der Waals surface area (Å²) >= 11 is 6.25. The highest BCUT2D eigenvalue weighted by Crippen LogP contribution is 2.29. The summed E-state index contributed by atoms with van der Waals surface area (Å²) in [5.74, 6) is -0.676. The van der Waals surface area contributed by atoms with Crippen LogP contribution in [-0.4, -0.2) is 23.1 Å². The van der Waals surface area contributed by atoms with Gasteiger partial charge in [-0.1, -0.05) is 41.9 Å². The van der Waals surface area contributed by atoms with Crippen molar-refractivity contribution < 1.29 is 9.59 Å². The minimum absolute atomic E-state index is 0.306. The van der Waals surface area contributed by atoms with Gasteiger partial charge >= 0.3 is 0 Å². The number of hydrogen-bond donors (Lipinski definition) is 1. The van der Waals surface area contributed by atoms with E-state index in [1.54, 1.807) is 24.3 Å². The van der Waals surface area contributed by atoms with E-state index in [1.807, 2.05) is 6.07 Å². The number of carbonyl (C=O) groups is 2. The zero-order valence-corrected chi connectivity index (χ0v) is 10.2. The largest absolute Gasteiger partial charge is 0.354 e. The van der Waals surface area contributed by atoms with E-state index in [2.05, 4.69) is 5.32 Å². The van der Waals surface area contributed by atoms with Gasteiger partial charge in [-0.15, -0.1) is 0 Å². The fourth-order valence-electron chi connectivity index (χ4n) is 1.98. The van der Waals surface area contributed by atoms with Crippen molar-refractivity contribution in [3.63, 3.8) is 0 Å². The maximum Gasteiger partial charge on any atom is 0.249 e. The molecule has 1 aliphatic rings. The summed E-state index contributed by atoms with van der Waals surface area (Å²) in [7, 11) is 0. The molecule has 4 heteroatoms. The van der Waals surface area contributed by atoms with Crippen molar-refractivity contribution in [2.24, 2.45) is 0 Å². The van der Waals surface area contributed by atoms with Crippen molar-refractivity contribution in [2.75, 3.05) is 6.54 Å². The Morgan fingerprint density at radius 1 is 1.24 bits per heavy atom. The second-order valence-corrected chi connectivity index (χ2v) is 4.85. The molecule has 1 saturated heterocycles. The zero-order chi connectivity index (χ0) is 12.3. The van der Waals surface area contributed by atoms with Crippen LogP contribution in [0.3, 0.4) is 0 Å². The van der Waals surface area contributed by atoms with Crippen LogP contribution >= 0.6 is 11.6 Å². The first kappa shape index (κ1) is 12.1. The minimum Gasteiger partial charge on any atom is -0.354 e. The van der Waals surface area contributed by atoms with Crippen molar-refractivity contribution in [3.8, 4) is 0 Å². The van der Waals surface area contributed by atoms with Crippen molar-refractivity contribution in [1.82, 2.24) is 5.32 Å². The van der Waals surface area contributed by atoms with Gasteiger partial charge in [0.05, 0.1) is 0 Å². The quantitative estimate of drug-likeness (QED) is 0.497. The number of benzene rings is 1. The van der Waals surface area contributed by atoms with E-state index in [1.165, 1.54) is 0 Å². The summed E-state index contributed by atoms with van der Waals surface area (Å²) in [4.78, 5) is 22.7. The number of halogens is 1. The van der Waals surface area contributed by atoms with Crippen LogP contribution in [0.25, 0.3) is 0 Å². The molecular weight excluding hydrogens is 238 g/mol. The number of hydrogen-bond acceptors (Lipinski definition) is 2. The minimum atomic E-state index is -1.43. The molecule has 0 aliphatic carbocycles. The van der Waals surface area contributed by atoms with Gasteiger partial charge in [0.25, 0.3) is 0 Å². The van der Waals surface area contributed by atoms with Crippen molar-refractivity contribution in [1.29, 1.82) is 0 Å². The number of amides is 1. The fourth-order valence-corrected chi connectivity index (χ4v) is 2.29. The lowest BCUT2D eigenvalue weighted by Crippen LogP contribution is -2.47. The third-order valence-electron chi connectivity index (χ3n) is 2.99. The van der Waals surface area contributed by atoms with Crippen LogP contribution in [0.4, 0.5) is 0 Å². The molecule has 0 aromatic heterocycles. The molecule has 0 bridgehead atoms. The molecule has 2 rings (SSSR count). The maximum atomic E-state index is 12.3. The smallest absolute Gasteiger partial charge is 0.249 e. The van der Waals surface area contributed by atoms with E-state index in [4.69, 9.17) is 11.6 Å². The van der Waals surface area contributed by atoms with E-state index in [0.29, 0.717) is 18.5 Å². The first-order valence-corrected chi connectivity index (χ1v) is 6.09. The molecule has 1 fully saturated rings. The summed E-state index contributed by atoms with van der Waals surface area (Å²) in [6.45, 7) is 0.593. The number of Topliss-reactive ketones (excluding diaryl/α,β-unsaturated/α-hetero) is 1. The summed E-state index contributed by atoms with van der Waals surface area (Å²) < 4.78 is 0. The second kappa shape index (κ2) is 4.88. The topological polar surface area (TPSA) is 46.2 Å². The Bertz CT molecular complexity index is 432. The lowest BCUT2D eigenvalue weighted by atomic mass is 9.92. The maximum absolute atomic E-state index is 12.3. The highest BCUT2D eigenvalue weighted by Gasteiger charge is 2.44. The van der Waals surface area contributed by atoms with Crippen molar-refractivity contribution in [3.05, 3.63) is 35.9 Å². The fraction of sp³-hybridized carbons (Fsp3) is 0.385. The number of nitrogens with one attached hydrogen (secondary N) is 1. The number of rotatable bonds is 2. The van der Waals surface area contributed by atoms with Crippen LogP contribution in [0.1, 0.15) is 29.6 Å². The van der Waals surface area contributed by atoms with Gasteiger partial charge in [0.2, 0.25) is 5.91 Å². The Labute approximate surface area is 105 Å². The highest BCUT2D eigenvalue weighted by atomic mass is 35.5. The molecule has 3 nitrogen and oxygen atoms in total. The average Bonchev–Trinajstić information content (AvgIpc) is 2.53. The Morgan fingerprint density at radius 3 is 2.65 bits per heavy atom. The van der Waals surface area contributed by atoms with Gasteiger partial charge in [-0.05, 0) is 19.3 Å². The molecule has 0 saturated carbocycles. The van der Waals surface area contributed by atoms with Gasteiger partial charge in [0.15, 0.2) is 10.7 Å². The molecule has 1 aromatic rings. The molecule has 17 heavy (non-hydrogen) atoms. The second-order valence-electron chi connectivity index (χ2n) is 4.21. The van der Waals surface area contributed by atoms with Gasteiger partial charge in [-0.2, -0.15) is 0 Å². The van der Waals surface area contributed by atoms with Crippen molar-refractivity contribution >= 4 is 23.3 Å². The Balaban J connectivity index is 2.30. The molecule has 1 N–H and O–H groups in total. The summed E-state index contributed by atoms with van der Waals surface area (Å²) in [5, 5.41) is 2.69. The third kappa shape index (κ3) is 2.34. The van der Waals surface area contributed by atoms with E-state index in [0.717, 1.165) is 12.8 Å². The van der Waals surface area contributed by atoms with Crippen LogP contribution in [-0.2, 0) is 4.79 Å². The normalized spacial score (nSPS) is 24.9. The van der Waals surface area contributed by atoms with Gasteiger partial charge in [0, 0.05) is 12.1 Å². The number of alkyl halides is 1. The van der Waals surface area contributed by atoms with E-state index < -0.39 is 4.87 Å². The summed E-state index contributed by atoms with van der Waals surface area (Å²) in [6, 6.07) is 8.73. The van der Waals surface area contributed by atoms with E-state index >= 15 is 0 Å². The average molecular weight is 252 g/mol. The molecular formula is C13H14ClNO2. The molecule has 0 radical (unpaired) electrons. The molecule has 1 amide bonds. The molecule has 1 aromatic carbocycles. The predicted molar refractivity (Wildman–Crippen MR) is 66.2 cm³/mol. The lowest BCUT2D eigenvalue weighted by molar-refractivity contribution is -0.122. The van der Waals surface area contributed by atoms with Crippen LogP contribution in [0.2, 0.25) is 0 Å². The van der Waals surface area contributed by atoms with Gasteiger partial charge in [-0.3, -0.25) is 9.59 Å². The van der Waals surface area contributed by atoms with Gasteiger partial charge in [-0.25, -0.2) is 0 Å². The molecule has 1 unspecified atom stereocenters. The first-order valence-electron chi connectivity index (χ1n) is 5.72. The lowest BCUT2D eigenvalue weighted by Gasteiger charge is -2.21. The predicted octanol–water partition coefficient (Wildman–Crippen LogP) is 2.15. The van der Waals surface area contributed by atoms with Crippen LogP contribution < -0.4 is 5.32 Å². The highest BCUT2D eigenvalue weighted by molar-refractivity contribution is 6.48. The summed E-state index contributed by atoms with van der Waals surface area (Å²) in [6.07, 6.45) is 2.04. The monoisotopic (exact) mass is 251 g/mol. The molecule has 1 atom stereocenters. The molecule has 0 spiro atoms. The molecule has 1 heterocycles. The number of carbonyl (C=O) groups excluding carboxylic acids is 2. The molecule has 90 valence electrons. The first-order chi connectivity index (χ1) is 8.14. The Hall–Kier alpha value is -1.35. The molecule has 1 aliphatic heterocycles. The van der Waals surface area contributed by atoms with Crippen molar-refractivity contribution in [2.45, 2.75) is 24.1 Å². The Morgan fingerprint density at radius 2 is 1.94 bits per heavy atom. The van der Waals surface area contributed by atoms with Gasteiger partial charge in [0.1, 0.15) is 0 Å². The summed E-state index contributed by atoms with van der Waals surface area (Å²) in [5.41, 5.74) is 0.486. The Kier molecular flexibility index (Phi) is 3.48. The van der Waals surface area contributed by atoms with Crippen LogP contribution in [0.5, 0.6) is 0 Å². The zero-order valence-electron chi connectivity index (χ0n) is 9.41. The van der Waals surface area contributed by atoms with E-state index in [9.17, 15) is 9.59 Å². The van der Waals surface area contributed by atoms with E-state index in [-0.39, 0.29) is 11.7 Å². The van der Waals surface area contributed by atoms with Gasteiger partial charge < -0.3 is 5.32 Å². The van der Waals surface area contributed by atoms with Crippen LogP contribution in [0.15, 0.2) is 30.3 Å². The van der Waals surface area contributed by atoms with Crippen LogP contribution in [0, 0.1) is 0 Å². The third-order valence-corrected chi connectivity index (χ3v) is 3.52. The standard InChI is InChI=1S/C13H14ClNO2/c14-13(8-4-5-9-15-12(13)17)11(16)10-6-2-1-3-7-10/h1-3,6-7H,4-5,8-9H2,(H,15,17). The SMILES string of the molecule is O=C1NCCCCC1(Cl)C(=O)c1ccccc1.